The zero-order chi connectivity index (χ0) is 16.4. The molecule has 1 saturated carbocycles. The maximum atomic E-state index is 12.3. The second-order valence-electron chi connectivity index (χ2n) is 7.51. The molecule has 3 aliphatic rings. The average molecular weight is 329 g/mol. The van der Waals surface area contributed by atoms with Crippen LogP contribution in [0.1, 0.15) is 38.5 Å². The van der Waals surface area contributed by atoms with Crippen molar-refractivity contribution in [3.05, 3.63) is 24.5 Å². The van der Waals surface area contributed by atoms with E-state index in [0.717, 1.165) is 24.9 Å². The van der Waals surface area contributed by atoms with Gasteiger partial charge in [-0.05, 0) is 43.9 Å². The second-order valence-corrected chi connectivity index (χ2v) is 7.51. The minimum Gasteiger partial charge on any atom is -0.377 e. The monoisotopic (exact) mass is 329 g/mol. The number of amides is 1. The second kappa shape index (κ2) is 7.19. The maximum Gasteiger partial charge on any atom is 0.227 e. The molecule has 3 fully saturated rings. The minimum absolute atomic E-state index is 0.0341. The zero-order valence-electron chi connectivity index (χ0n) is 14.2. The Kier molecular flexibility index (Phi) is 4.81. The molecule has 3 heterocycles. The Bertz CT molecular complexity index is 559. The first-order chi connectivity index (χ1) is 11.8. The van der Waals surface area contributed by atoms with Crippen molar-refractivity contribution in [1.29, 1.82) is 0 Å². The lowest BCUT2D eigenvalue weighted by Crippen LogP contribution is -2.46. The molecule has 1 N–H and O–H groups in total. The first-order valence-electron chi connectivity index (χ1n) is 9.35. The highest BCUT2D eigenvalue weighted by atomic mass is 16.5. The van der Waals surface area contributed by atoms with E-state index >= 15 is 0 Å². The Morgan fingerprint density at radius 1 is 1.33 bits per heavy atom. The molecule has 1 aromatic heterocycles. The normalized spacial score (nSPS) is 31.1. The summed E-state index contributed by atoms with van der Waals surface area (Å²) >= 11 is 0. The maximum absolute atomic E-state index is 12.3. The molecule has 4 rings (SSSR count). The van der Waals surface area contributed by atoms with E-state index in [4.69, 9.17) is 4.74 Å². The number of ether oxygens (including phenoxy) is 1. The van der Waals surface area contributed by atoms with Crippen molar-refractivity contribution in [1.82, 2.24) is 9.88 Å². The van der Waals surface area contributed by atoms with Crippen LogP contribution in [0.2, 0.25) is 0 Å². The van der Waals surface area contributed by atoms with Gasteiger partial charge in [0.2, 0.25) is 5.91 Å². The minimum atomic E-state index is 0.0341. The number of hydrogen-bond donors (Lipinski definition) is 1. The van der Waals surface area contributed by atoms with E-state index in [0.29, 0.717) is 18.3 Å². The number of nitrogens with zero attached hydrogens (tertiary/aromatic N) is 2. The molecule has 0 unspecified atom stereocenters. The predicted octanol–water partition coefficient (Wildman–Crippen LogP) is 2.69. The summed E-state index contributed by atoms with van der Waals surface area (Å²) in [6.45, 7) is 3.16. The van der Waals surface area contributed by atoms with Gasteiger partial charge in [-0.25, -0.2) is 0 Å². The van der Waals surface area contributed by atoms with Gasteiger partial charge in [0.25, 0.3) is 0 Å². The lowest BCUT2D eigenvalue weighted by atomic mass is 9.82. The van der Waals surface area contributed by atoms with E-state index in [1.54, 1.807) is 12.4 Å². The third kappa shape index (κ3) is 3.47. The fourth-order valence-electron chi connectivity index (χ4n) is 4.76. The van der Waals surface area contributed by atoms with Crippen molar-refractivity contribution in [3.8, 4) is 0 Å². The zero-order valence-corrected chi connectivity index (χ0v) is 14.2. The first-order valence-corrected chi connectivity index (χ1v) is 9.35. The van der Waals surface area contributed by atoms with Crippen LogP contribution in [0.25, 0.3) is 0 Å². The summed E-state index contributed by atoms with van der Waals surface area (Å²) in [6.07, 6.45) is 10.6. The lowest BCUT2D eigenvalue weighted by Gasteiger charge is -2.39. The predicted molar refractivity (Wildman–Crippen MR) is 92.6 cm³/mol. The Hall–Kier alpha value is -1.46. The van der Waals surface area contributed by atoms with Gasteiger partial charge < -0.3 is 15.0 Å². The fraction of sp³-hybridized carbons (Fsp3) is 0.684. The third-order valence-electron chi connectivity index (χ3n) is 6.00. The number of nitrogens with one attached hydrogen (secondary N) is 1. The molecule has 5 nitrogen and oxygen atoms in total. The number of carbonyl (C=O) groups excluding carboxylic acids is 1. The van der Waals surface area contributed by atoms with Crippen LogP contribution in [0.15, 0.2) is 24.5 Å². The molecule has 0 aromatic carbocycles. The lowest BCUT2D eigenvalue weighted by molar-refractivity contribution is -0.118. The van der Waals surface area contributed by atoms with Crippen LogP contribution in [0, 0.1) is 11.8 Å². The van der Waals surface area contributed by atoms with Gasteiger partial charge in [-0.2, -0.15) is 0 Å². The quantitative estimate of drug-likeness (QED) is 0.923. The molecule has 2 aliphatic heterocycles. The molecule has 2 saturated heterocycles. The number of hydrogen-bond acceptors (Lipinski definition) is 4. The highest BCUT2D eigenvalue weighted by Gasteiger charge is 2.42. The number of carbonyl (C=O) groups is 1. The molecule has 130 valence electrons. The molecule has 0 bridgehead atoms. The van der Waals surface area contributed by atoms with Crippen LogP contribution < -0.4 is 5.32 Å². The number of likely N-dealkylation sites (tertiary alicyclic amines) is 1. The number of piperidine rings is 1. The largest absolute Gasteiger partial charge is 0.377 e. The number of aromatic nitrogens is 1. The Labute approximate surface area is 143 Å². The smallest absolute Gasteiger partial charge is 0.227 e. The summed E-state index contributed by atoms with van der Waals surface area (Å²) in [4.78, 5) is 19.0. The molecule has 0 spiro atoms. The SMILES string of the molecule is O=C(C[C@@H]1OC[C@H]2CN(C3CCCC3)CC[C@H]21)Nc1cccnc1. The van der Waals surface area contributed by atoms with Crippen LogP contribution in [-0.4, -0.2) is 47.6 Å². The summed E-state index contributed by atoms with van der Waals surface area (Å²) < 4.78 is 6.02. The Morgan fingerprint density at radius 3 is 3.00 bits per heavy atom. The van der Waals surface area contributed by atoms with Gasteiger partial charge in [0, 0.05) is 24.7 Å². The summed E-state index contributed by atoms with van der Waals surface area (Å²) in [7, 11) is 0. The van der Waals surface area contributed by atoms with E-state index in [2.05, 4.69) is 15.2 Å². The van der Waals surface area contributed by atoms with Gasteiger partial charge >= 0.3 is 0 Å². The molecule has 24 heavy (non-hydrogen) atoms. The first kappa shape index (κ1) is 16.0. The number of pyridine rings is 1. The van der Waals surface area contributed by atoms with Crippen LogP contribution >= 0.6 is 0 Å². The van der Waals surface area contributed by atoms with Gasteiger partial charge in [-0.1, -0.05) is 12.8 Å². The topological polar surface area (TPSA) is 54.5 Å². The molecule has 5 heteroatoms. The highest BCUT2D eigenvalue weighted by Crippen LogP contribution is 2.38. The highest BCUT2D eigenvalue weighted by molar-refractivity contribution is 5.90. The average Bonchev–Trinajstić information content (AvgIpc) is 3.25. The van der Waals surface area contributed by atoms with E-state index in [-0.39, 0.29) is 12.0 Å². The van der Waals surface area contributed by atoms with Gasteiger partial charge in [-0.15, -0.1) is 0 Å². The summed E-state index contributed by atoms with van der Waals surface area (Å²) in [6, 6.07) is 4.50. The third-order valence-corrected chi connectivity index (χ3v) is 6.00. The van der Waals surface area contributed by atoms with Crippen molar-refractivity contribution >= 4 is 11.6 Å². The fourth-order valence-corrected chi connectivity index (χ4v) is 4.76. The summed E-state index contributed by atoms with van der Waals surface area (Å²) in [5.41, 5.74) is 0.757. The number of rotatable bonds is 4. The van der Waals surface area contributed by atoms with Crippen molar-refractivity contribution in [3.63, 3.8) is 0 Å². The van der Waals surface area contributed by atoms with Crippen molar-refractivity contribution in [2.24, 2.45) is 11.8 Å². The molecule has 1 aromatic rings. The van der Waals surface area contributed by atoms with Crippen LogP contribution in [0.4, 0.5) is 5.69 Å². The van der Waals surface area contributed by atoms with Crippen LogP contribution in [0.3, 0.4) is 0 Å². The van der Waals surface area contributed by atoms with E-state index in [9.17, 15) is 4.79 Å². The van der Waals surface area contributed by atoms with Crippen molar-refractivity contribution < 1.29 is 9.53 Å². The van der Waals surface area contributed by atoms with Crippen molar-refractivity contribution in [2.45, 2.75) is 50.7 Å². The molecular formula is C19H27N3O2. The summed E-state index contributed by atoms with van der Waals surface area (Å²) in [5.74, 6) is 1.18. The van der Waals surface area contributed by atoms with Crippen LogP contribution in [0.5, 0.6) is 0 Å². The van der Waals surface area contributed by atoms with E-state index in [1.165, 1.54) is 38.6 Å². The number of fused-ring (bicyclic) bond motifs is 1. The van der Waals surface area contributed by atoms with Crippen molar-refractivity contribution in [2.75, 3.05) is 25.0 Å². The van der Waals surface area contributed by atoms with Gasteiger partial charge in [-0.3, -0.25) is 9.78 Å². The molecular weight excluding hydrogens is 302 g/mol. The Morgan fingerprint density at radius 2 is 2.21 bits per heavy atom. The van der Waals surface area contributed by atoms with Gasteiger partial charge in [0.1, 0.15) is 0 Å². The standard InChI is InChI=1S/C19H27N3O2/c23-19(21-15-4-3-8-20-11-15)10-18-17-7-9-22(12-14(17)13-24-18)16-5-1-2-6-16/h3-4,8,11,14,16-18H,1-2,5-7,9-10,12-13H2,(H,21,23)/t14-,17-,18+/m1/s1. The summed E-state index contributed by atoms with van der Waals surface area (Å²) in [5, 5.41) is 2.93. The number of anilines is 1. The van der Waals surface area contributed by atoms with Gasteiger partial charge in [0.15, 0.2) is 0 Å². The molecule has 1 aliphatic carbocycles. The molecule has 3 atom stereocenters. The van der Waals surface area contributed by atoms with Gasteiger partial charge in [0.05, 0.1) is 31.0 Å². The Balaban J connectivity index is 1.30. The van der Waals surface area contributed by atoms with E-state index in [1.807, 2.05) is 12.1 Å². The molecule has 1 amide bonds. The van der Waals surface area contributed by atoms with E-state index < -0.39 is 0 Å². The van der Waals surface area contributed by atoms with Crippen LogP contribution in [-0.2, 0) is 9.53 Å². The molecule has 0 radical (unpaired) electrons.